The van der Waals surface area contributed by atoms with Crippen molar-refractivity contribution < 1.29 is 14.7 Å². The number of fused-ring (bicyclic) bond motifs is 2. The van der Waals surface area contributed by atoms with Gasteiger partial charge in [-0.15, -0.1) is 0 Å². The SMILES string of the molecule is CCc1ccc2c(c1)C(=Nc1cccc(C(=O)O)c1)c1ccccc1C2=O. The lowest BCUT2D eigenvalue weighted by Crippen LogP contribution is -2.21. The highest BCUT2D eigenvalue weighted by atomic mass is 16.4. The molecule has 27 heavy (non-hydrogen) atoms. The Bertz CT molecular complexity index is 1110. The number of hydrogen-bond acceptors (Lipinski definition) is 3. The molecule has 1 N–H and O–H groups in total. The fourth-order valence-electron chi connectivity index (χ4n) is 3.34. The Labute approximate surface area is 156 Å². The molecule has 3 aromatic rings. The van der Waals surface area contributed by atoms with Crippen LogP contribution < -0.4 is 0 Å². The molecule has 0 heterocycles. The molecule has 0 aliphatic heterocycles. The molecule has 3 aromatic carbocycles. The smallest absolute Gasteiger partial charge is 0.335 e. The molecule has 0 amide bonds. The van der Waals surface area contributed by atoms with Crippen LogP contribution >= 0.6 is 0 Å². The highest BCUT2D eigenvalue weighted by Crippen LogP contribution is 2.30. The molecule has 0 radical (unpaired) electrons. The van der Waals surface area contributed by atoms with E-state index in [1.807, 2.05) is 36.4 Å². The van der Waals surface area contributed by atoms with E-state index in [9.17, 15) is 14.7 Å². The van der Waals surface area contributed by atoms with E-state index in [2.05, 4.69) is 6.92 Å². The van der Waals surface area contributed by atoms with Crippen LogP contribution in [0.4, 0.5) is 5.69 Å². The topological polar surface area (TPSA) is 66.7 Å². The number of hydrogen-bond donors (Lipinski definition) is 1. The van der Waals surface area contributed by atoms with Gasteiger partial charge in [-0.3, -0.25) is 4.79 Å². The third kappa shape index (κ3) is 2.95. The largest absolute Gasteiger partial charge is 0.478 e. The molecule has 0 saturated carbocycles. The lowest BCUT2D eigenvalue weighted by molar-refractivity contribution is 0.0696. The van der Waals surface area contributed by atoms with Gasteiger partial charge in [0.25, 0.3) is 0 Å². The van der Waals surface area contributed by atoms with Crippen LogP contribution in [-0.4, -0.2) is 22.6 Å². The number of benzene rings is 3. The molecule has 0 fully saturated rings. The van der Waals surface area contributed by atoms with Gasteiger partial charge in [-0.1, -0.05) is 49.4 Å². The summed E-state index contributed by atoms with van der Waals surface area (Å²) in [5.74, 6) is -1.01. The standard InChI is InChI=1S/C23H17NO3/c1-2-14-10-11-19-20(12-14)21(17-8-3-4-9-18(17)22(19)25)24-16-7-5-6-15(13-16)23(26)27/h3-13H,2H2,1H3,(H,26,27). The monoisotopic (exact) mass is 355 g/mol. The lowest BCUT2D eigenvalue weighted by Gasteiger charge is -2.21. The summed E-state index contributed by atoms with van der Waals surface area (Å²) in [6, 6.07) is 19.7. The summed E-state index contributed by atoms with van der Waals surface area (Å²) >= 11 is 0. The lowest BCUT2D eigenvalue weighted by atomic mass is 9.82. The number of aromatic carboxylic acids is 1. The minimum absolute atomic E-state index is 0.0125. The van der Waals surface area contributed by atoms with Gasteiger partial charge in [0.15, 0.2) is 5.78 Å². The number of carbonyl (C=O) groups is 2. The third-order valence-corrected chi connectivity index (χ3v) is 4.75. The van der Waals surface area contributed by atoms with Gasteiger partial charge < -0.3 is 5.11 Å². The maximum atomic E-state index is 12.9. The zero-order valence-electron chi connectivity index (χ0n) is 14.8. The number of aryl methyl sites for hydroxylation is 1. The van der Waals surface area contributed by atoms with E-state index in [4.69, 9.17) is 4.99 Å². The van der Waals surface area contributed by atoms with E-state index in [1.54, 1.807) is 18.2 Å². The van der Waals surface area contributed by atoms with Crippen LogP contribution in [0.3, 0.4) is 0 Å². The van der Waals surface area contributed by atoms with Crippen LogP contribution in [0.15, 0.2) is 71.7 Å². The third-order valence-electron chi connectivity index (χ3n) is 4.75. The van der Waals surface area contributed by atoms with Crippen molar-refractivity contribution >= 4 is 23.2 Å². The molecule has 0 bridgehead atoms. The molecule has 4 rings (SSSR count). The van der Waals surface area contributed by atoms with E-state index in [-0.39, 0.29) is 11.3 Å². The van der Waals surface area contributed by atoms with Gasteiger partial charge >= 0.3 is 5.97 Å². The molecule has 4 heteroatoms. The Kier molecular flexibility index (Phi) is 4.16. The number of carboxylic acid groups (broad SMARTS) is 1. The molecular formula is C23H17NO3. The van der Waals surface area contributed by atoms with Gasteiger partial charge in [-0.05, 0) is 36.2 Å². The number of nitrogens with zero attached hydrogens (tertiary/aromatic N) is 1. The maximum Gasteiger partial charge on any atom is 0.335 e. The van der Waals surface area contributed by atoms with E-state index in [1.165, 1.54) is 12.1 Å². The number of aliphatic imine (C=N–C) groups is 1. The van der Waals surface area contributed by atoms with Crippen molar-refractivity contribution in [3.05, 3.63) is 100 Å². The van der Waals surface area contributed by atoms with Gasteiger partial charge in [0.05, 0.1) is 17.0 Å². The summed E-state index contributed by atoms with van der Waals surface area (Å²) in [7, 11) is 0. The first-order valence-corrected chi connectivity index (χ1v) is 8.78. The van der Waals surface area contributed by atoms with Gasteiger partial charge in [0, 0.05) is 22.3 Å². The fourth-order valence-corrected chi connectivity index (χ4v) is 3.34. The molecule has 0 saturated heterocycles. The van der Waals surface area contributed by atoms with Crippen molar-refractivity contribution in [3.63, 3.8) is 0 Å². The molecule has 132 valence electrons. The first kappa shape index (κ1) is 16.9. The molecule has 1 aliphatic rings. The zero-order valence-corrected chi connectivity index (χ0v) is 14.8. The van der Waals surface area contributed by atoms with Gasteiger partial charge in [-0.25, -0.2) is 9.79 Å². The number of carboxylic acids is 1. The summed E-state index contributed by atoms with van der Waals surface area (Å²) in [5.41, 5.74) is 5.33. The molecule has 4 nitrogen and oxygen atoms in total. The average molecular weight is 355 g/mol. The molecule has 1 aliphatic carbocycles. The van der Waals surface area contributed by atoms with Crippen molar-refractivity contribution in [2.75, 3.05) is 0 Å². The summed E-state index contributed by atoms with van der Waals surface area (Å²) < 4.78 is 0. The molecule has 0 aromatic heterocycles. The quantitative estimate of drug-likeness (QED) is 0.581. The molecule has 0 atom stereocenters. The zero-order chi connectivity index (χ0) is 19.0. The normalized spacial score (nSPS) is 14.0. The molecule has 0 spiro atoms. The predicted octanol–water partition coefficient (Wildman–Crippen LogP) is 4.66. The highest BCUT2D eigenvalue weighted by Gasteiger charge is 2.28. The Balaban J connectivity index is 1.97. The first-order chi connectivity index (χ1) is 13.1. The minimum Gasteiger partial charge on any atom is -0.478 e. The number of ketones is 1. The number of rotatable bonds is 3. The summed E-state index contributed by atoms with van der Waals surface area (Å²) in [4.78, 5) is 28.9. The number of carbonyl (C=O) groups excluding carboxylic acids is 1. The predicted molar refractivity (Wildman–Crippen MR) is 104 cm³/mol. The second-order valence-corrected chi connectivity index (χ2v) is 6.42. The molecular weight excluding hydrogens is 338 g/mol. The van der Waals surface area contributed by atoms with Gasteiger partial charge in [0.2, 0.25) is 0 Å². The highest BCUT2D eigenvalue weighted by molar-refractivity contribution is 6.30. The summed E-state index contributed by atoms with van der Waals surface area (Å²) in [6.45, 7) is 2.06. The second-order valence-electron chi connectivity index (χ2n) is 6.42. The van der Waals surface area contributed by atoms with Crippen LogP contribution in [0.5, 0.6) is 0 Å². The van der Waals surface area contributed by atoms with Crippen LogP contribution in [0, 0.1) is 0 Å². The Morgan fingerprint density at radius 2 is 1.63 bits per heavy atom. The maximum absolute atomic E-state index is 12.9. The van der Waals surface area contributed by atoms with Crippen molar-refractivity contribution in [3.8, 4) is 0 Å². The second kappa shape index (κ2) is 6.65. The summed E-state index contributed by atoms with van der Waals surface area (Å²) in [6.07, 6.45) is 0.852. The average Bonchev–Trinajstić information content (AvgIpc) is 2.71. The Morgan fingerprint density at radius 3 is 2.37 bits per heavy atom. The Morgan fingerprint density at radius 1 is 0.889 bits per heavy atom. The first-order valence-electron chi connectivity index (χ1n) is 8.78. The van der Waals surface area contributed by atoms with Gasteiger partial charge in [0.1, 0.15) is 0 Å². The summed E-state index contributed by atoms with van der Waals surface area (Å²) in [5, 5.41) is 9.24. The van der Waals surface area contributed by atoms with Crippen molar-refractivity contribution in [2.45, 2.75) is 13.3 Å². The van der Waals surface area contributed by atoms with E-state index in [0.717, 1.165) is 23.1 Å². The Hall–Kier alpha value is -3.53. The van der Waals surface area contributed by atoms with Crippen LogP contribution in [-0.2, 0) is 6.42 Å². The van der Waals surface area contributed by atoms with Crippen LogP contribution in [0.1, 0.15) is 49.9 Å². The van der Waals surface area contributed by atoms with E-state index >= 15 is 0 Å². The van der Waals surface area contributed by atoms with Gasteiger partial charge in [-0.2, -0.15) is 0 Å². The van der Waals surface area contributed by atoms with Crippen LogP contribution in [0.25, 0.3) is 0 Å². The van der Waals surface area contributed by atoms with Crippen LogP contribution in [0.2, 0.25) is 0 Å². The van der Waals surface area contributed by atoms with Crippen molar-refractivity contribution in [1.29, 1.82) is 0 Å². The van der Waals surface area contributed by atoms with E-state index in [0.29, 0.717) is 22.5 Å². The minimum atomic E-state index is -0.995. The fraction of sp³-hybridized carbons (Fsp3) is 0.0870. The molecule has 0 unspecified atom stereocenters. The van der Waals surface area contributed by atoms with E-state index < -0.39 is 5.97 Å². The van der Waals surface area contributed by atoms with Crippen molar-refractivity contribution in [2.24, 2.45) is 4.99 Å². The van der Waals surface area contributed by atoms with Crippen molar-refractivity contribution in [1.82, 2.24) is 0 Å².